The Balaban J connectivity index is 2.30. The van der Waals surface area contributed by atoms with Gasteiger partial charge in [-0.2, -0.15) is 0 Å². The van der Waals surface area contributed by atoms with Crippen molar-refractivity contribution in [2.75, 3.05) is 32.8 Å². The second-order valence-electron chi connectivity index (χ2n) is 3.84. The van der Waals surface area contributed by atoms with Gasteiger partial charge in [-0.15, -0.1) is 0 Å². The smallest absolute Gasteiger partial charge is 0.0753 e. The van der Waals surface area contributed by atoms with Crippen molar-refractivity contribution < 1.29 is 4.74 Å². The van der Waals surface area contributed by atoms with Crippen molar-refractivity contribution in [2.45, 2.75) is 19.4 Å². The highest BCUT2D eigenvalue weighted by Gasteiger charge is 2.26. The van der Waals surface area contributed by atoms with Crippen LogP contribution in [0.15, 0.2) is 5.11 Å². The Morgan fingerprint density at radius 1 is 1.62 bits per heavy atom. The summed E-state index contributed by atoms with van der Waals surface area (Å²) in [5.74, 6) is 0. The average molecular weight is 184 g/mol. The maximum absolute atomic E-state index is 8.11. The first-order valence-corrected chi connectivity index (χ1v) is 4.51. The van der Waals surface area contributed by atoms with Gasteiger partial charge >= 0.3 is 0 Å². The van der Waals surface area contributed by atoms with E-state index >= 15 is 0 Å². The fourth-order valence-electron chi connectivity index (χ4n) is 1.54. The zero-order valence-corrected chi connectivity index (χ0v) is 8.23. The van der Waals surface area contributed by atoms with Crippen molar-refractivity contribution in [1.82, 2.24) is 4.90 Å². The van der Waals surface area contributed by atoms with Gasteiger partial charge in [0.2, 0.25) is 0 Å². The van der Waals surface area contributed by atoms with E-state index in [4.69, 9.17) is 10.3 Å². The van der Waals surface area contributed by atoms with Crippen LogP contribution in [0.1, 0.15) is 13.8 Å². The molecule has 0 bridgehead atoms. The SMILES string of the molecule is CC1(C)CN(CCN=[N+]=[N-])CCO1. The Hall–Kier alpha value is -0.770. The van der Waals surface area contributed by atoms with Crippen molar-refractivity contribution >= 4 is 0 Å². The molecule has 0 aromatic heterocycles. The summed E-state index contributed by atoms with van der Waals surface area (Å²) in [5, 5.41) is 3.51. The molecule has 1 rings (SSSR count). The fourth-order valence-corrected chi connectivity index (χ4v) is 1.54. The van der Waals surface area contributed by atoms with E-state index in [0.717, 1.165) is 26.2 Å². The zero-order chi connectivity index (χ0) is 9.73. The van der Waals surface area contributed by atoms with Crippen LogP contribution >= 0.6 is 0 Å². The third-order valence-corrected chi connectivity index (χ3v) is 2.08. The van der Waals surface area contributed by atoms with Gasteiger partial charge in [0, 0.05) is 31.1 Å². The third-order valence-electron chi connectivity index (χ3n) is 2.08. The summed E-state index contributed by atoms with van der Waals surface area (Å²) in [6, 6.07) is 0. The Labute approximate surface area is 78.3 Å². The highest BCUT2D eigenvalue weighted by atomic mass is 16.5. The molecule has 1 fully saturated rings. The molecule has 13 heavy (non-hydrogen) atoms. The van der Waals surface area contributed by atoms with Gasteiger partial charge in [-0.3, -0.25) is 4.90 Å². The zero-order valence-electron chi connectivity index (χ0n) is 8.23. The van der Waals surface area contributed by atoms with Crippen LogP contribution in [0.3, 0.4) is 0 Å². The maximum Gasteiger partial charge on any atom is 0.0753 e. The summed E-state index contributed by atoms with van der Waals surface area (Å²) < 4.78 is 5.56. The lowest BCUT2D eigenvalue weighted by atomic mass is 10.1. The highest BCUT2D eigenvalue weighted by molar-refractivity contribution is 4.79. The van der Waals surface area contributed by atoms with Crippen LogP contribution in [-0.2, 0) is 4.74 Å². The third kappa shape index (κ3) is 3.63. The fraction of sp³-hybridized carbons (Fsp3) is 1.00. The average Bonchev–Trinajstić information content (AvgIpc) is 2.03. The number of nitrogens with zero attached hydrogens (tertiary/aromatic N) is 4. The van der Waals surface area contributed by atoms with E-state index in [0.29, 0.717) is 6.54 Å². The molecule has 0 unspecified atom stereocenters. The Morgan fingerprint density at radius 2 is 2.38 bits per heavy atom. The lowest BCUT2D eigenvalue weighted by molar-refractivity contribution is -0.0850. The molecule has 0 radical (unpaired) electrons. The van der Waals surface area contributed by atoms with Crippen LogP contribution in [0.25, 0.3) is 10.4 Å². The van der Waals surface area contributed by atoms with E-state index in [1.165, 1.54) is 0 Å². The number of hydrogen-bond acceptors (Lipinski definition) is 3. The van der Waals surface area contributed by atoms with Gasteiger partial charge < -0.3 is 4.74 Å². The van der Waals surface area contributed by atoms with E-state index < -0.39 is 0 Å². The first-order valence-electron chi connectivity index (χ1n) is 4.51. The van der Waals surface area contributed by atoms with Crippen molar-refractivity contribution in [3.8, 4) is 0 Å². The molecule has 0 spiro atoms. The van der Waals surface area contributed by atoms with Crippen molar-refractivity contribution in [3.63, 3.8) is 0 Å². The molecule has 1 heterocycles. The highest BCUT2D eigenvalue weighted by Crippen LogP contribution is 2.15. The molecule has 1 aliphatic rings. The van der Waals surface area contributed by atoms with Crippen LogP contribution < -0.4 is 0 Å². The van der Waals surface area contributed by atoms with E-state index in [1.54, 1.807) is 0 Å². The molecule has 0 saturated carbocycles. The van der Waals surface area contributed by atoms with Gasteiger partial charge in [0.15, 0.2) is 0 Å². The van der Waals surface area contributed by atoms with E-state index in [1.807, 2.05) is 0 Å². The van der Waals surface area contributed by atoms with Crippen LogP contribution in [-0.4, -0.2) is 43.3 Å². The van der Waals surface area contributed by atoms with Crippen molar-refractivity contribution in [1.29, 1.82) is 0 Å². The lowest BCUT2D eigenvalue weighted by Crippen LogP contribution is -2.48. The van der Waals surface area contributed by atoms with E-state index in [-0.39, 0.29) is 5.60 Å². The molecule has 0 N–H and O–H groups in total. The molecule has 0 atom stereocenters. The summed E-state index contributed by atoms with van der Waals surface area (Å²) in [5.41, 5.74) is 8.05. The quantitative estimate of drug-likeness (QED) is 0.378. The number of ether oxygens (including phenoxy) is 1. The summed E-state index contributed by atoms with van der Waals surface area (Å²) in [4.78, 5) is 4.99. The van der Waals surface area contributed by atoms with Gasteiger partial charge in [-0.05, 0) is 19.4 Å². The lowest BCUT2D eigenvalue weighted by Gasteiger charge is -2.37. The minimum Gasteiger partial charge on any atom is -0.373 e. The predicted molar refractivity (Wildman–Crippen MR) is 50.5 cm³/mol. The van der Waals surface area contributed by atoms with E-state index in [9.17, 15) is 0 Å². The molecule has 1 aliphatic heterocycles. The van der Waals surface area contributed by atoms with Crippen LogP contribution in [0.4, 0.5) is 0 Å². The minimum atomic E-state index is -0.0609. The van der Waals surface area contributed by atoms with Gasteiger partial charge in [0.05, 0.1) is 12.2 Å². The molecule has 0 aliphatic carbocycles. The first kappa shape index (κ1) is 10.3. The largest absolute Gasteiger partial charge is 0.373 e. The van der Waals surface area contributed by atoms with Crippen LogP contribution in [0.2, 0.25) is 0 Å². The molecule has 0 aromatic carbocycles. The number of hydrogen-bond donors (Lipinski definition) is 0. The van der Waals surface area contributed by atoms with E-state index in [2.05, 4.69) is 28.8 Å². The van der Waals surface area contributed by atoms with Crippen molar-refractivity contribution in [2.24, 2.45) is 5.11 Å². The van der Waals surface area contributed by atoms with Crippen molar-refractivity contribution in [3.05, 3.63) is 10.4 Å². The molecule has 0 amide bonds. The summed E-state index contributed by atoms with van der Waals surface area (Å²) >= 11 is 0. The Bertz CT molecular complexity index is 210. The molecule has 5 heteroatoms. The normalized spacial score (nSPS) is 22.3. The Morgan fingerprint density at radius 3 is 3.00 bits per heavy atom. The molecule has 1 saturated heterocycles. The minimum absolute atomic E-state index is 0.0609. The second kappa shape index (κ2) is 4.46. The van der Waals surface area contributed by atoms with Gasteiger partial charge in [0.1, 0.15) is 0 Å². The molecule has 74 valence electrons. The van der Waals surface area contributed by atoms with Gasteiger partial charge in [-0.1, -0.05) is 5.11 Å². The monoisotopic (exact) mass is 184 g/mol. The van der Waals surface area contributed by atoms with Crippen LogP contribution in [0.5, 0.6) is 0 Å². The van der Waals surface area contributed by atoms with Gasteiger partial charge in [0.25, 0.3) is 0 Å². The standard InChI is InChI=1S/C8H16N4O/c1-8(2)7-12(5-6-13-8)4-3-10-11-9/h3-7H2,1-2H3. The molecular weight excluding hydrogens is 168 g/mol. The number of azide groups is 1. The Kier molecular flexibility index (Phi) is 3.54. The maximum atomic E-state index is 8.11. The summed E-state index contributed by atoms with van der Waals surface area (Å²) in [6.45, 7) is 8.14. The number of rotatable bonds is 3. The molecule has 5 nitrogen and oxygen atoms in total. The summed E-state index contributed by atoms with van der Waals surface area (Å²) in [6.07, 6.45) is 0. The number of morpholine rings is 1. The van der Waals surface area contributed by atoms with Gasteiger partial charge in [-0.25, -0.2) is 0 Å². The molecule has 0 aromatic rings. The molecular formula is C8H16N4O. The second-order valence-corrected chi connectivity index (χ2v) is 3.84. The van der Waals surface area contributed by atoms with Crippen LogP contribution in [0, 0.1) is 0 Å². The topological polar surface area (TPSA) is 61.2 Å². The predicted octanol–water partition coefficient (Wildman–Crippen LogP) is 1.41. The first-order chi connectivity index (χ1) is 6.14. The summed E-state index contributed by atoms with van der Waals surface area (Å²) in [7, 11) is 0.